The molecule has 0 rings (SSSR count). The van der Waals surface area contributed by atoms with Crippen LogP contribution < -0.4 is 5.32 Å². The maximum absolute atomic E-state index is 11.9. The van der Waals surface area contributed by atoms with Crippen LogP contribution in [0.15, 0.2) is 24.3 Å². The maximum atomic E-state index is 11.9. The number of nitrogens with one attached hydrogen (secondary N) is 1. The summed E-state index contributed by atoms with van der Waals surface area (Å²) >= 11 is 0. The first-order chi connectivity index (χ1) is 19.6. The number of ether oxygens (including phenoxy) is 3. The van der Waals surface area contributed by atoms with Gasteiger partial charge in [0.05, 0.1) is 19.8 Å². The number of esters is 1. The molecule has 0 aromatic rings. The normalized spacial score (nSPS) is 12.3. The molecule has 0 aromatic carbocycles. The SMILES string of the molecule is CCCCC/C=C\C/C=C\CCCCCCCC(=O)OCCCOC(=O)OCCCNCCO[Si](C)(C)C(C)(C)C. The smallest absolute Gasteiger partial charge is 0.466 e. The van der Waals surface area contributed by atoms with Crippen LogP contribution in [0.4, 0.5) is 4.79 Å². The summed E-state index contributed by atoms with van der Waals surface area (Å²) < 4.78 is 21.4. The number of hydrogen-bond donors (Lipinski definition) is 1. The molecule has 0 atom stereocenters. The van der Waals surface area contributed by atoms with Crippen molar-refractivity contribution in [1.29, 1.82) is 0 Å². The number of allylic oxidation sites excluding steroid dienone is 4. The van der Waals surface area contributed by atoms with Gasteiger partial charge in [-0.15, -0.1) is 0 Å². The zero-order valence-electron chi connectivity index (χ0n) is 27.4. The molecule has 0 saturated carbocycles. The number of unbranched alkanes of at least 4 members (excludes halogenated alkanes) is 8. The van der Waals surface area contributed by atoms with Crippen molar-refractivity contribution < 1.29 is 28.2 Å². The minimum absolute atomic E-state index is 0.179. The van der Waals surface area contributed by atoms with Crippen LogP contribution in [0, 0.1) is 0 Å². The third-order valence-corrected chi connectivity index (χ3v) is 11.9. The van der Waals surface area contributed by atoms with Crippen LogP contribution in [0.5, 0.6) is 0 Å². The van der Waals surface area contributed by atoms with Gasteiger partial charge in [-0.05, 0) is 69.6 Å². The molecule has 1 N–H and O–H groups in total. The van der Waals surface area contributed by atoms with E-state index in [-0.39, 0.29) is 24.2 Å². The van der Waals surface area contributed by atoms with Gasteiger partial charge in [0.15, 0.2) is 8.32 Å². The number of carbonyl (C=O) groups excluding carboxylic acids is 2. The van der Waals surface area contributed by atoms with Crippen molar-refractivity contribution in [2.45, 2.75) is 136 Å². The molecule has 0 aromatic heterocycles. The third-order valence-electron chi connectivity index (χ3n) is 7.37. The molecule has 0 radical (unpaired) electrons. The lowest BCUT2D eigenvalue weighted by molar-refractivity contribution is -0.144. The Morgan fingerprint density at radius 3 is 1.93 bits per heavy atom. The number of carbonyl (C=O) groups is 2. The fourth-order valence-electron chi connectivity index (χ4n) is 3.67. The fourth-order valence-corrected chi connectivity index (χ4v) is 4.71. The first kappa shape index (κ1) is 39.4. The maximum Gasteiger partial charge on any atom is 0.508 e. The second kappa shape index (κ2) is 26.0. The Morgan fingerprint density at radius 2 is 1.27 bits per heavy atom. The molecule has 0 fully saturated rings. The van der Waals surface area contributed by atoms with Gasteiger partial charge < -0.3 is 24.0 Å². The molecule has 41 heavy (non-hydrogen) atoms. The van der Waals surface area contributed by atoms with Crippen LogP contribution in [0.1, 0.15) is 118 Å². The lowest BCUT2D eigenvalue weighted by Crippen LogP contribution is -2.42. The molecule has 0 heterocycles. The highest BCUT2D eigenvalue weighted by atomic mass is 28.4. The van der Waals surface area contributed by atoms with Crippen molar-refractivity contribution in [3.8, 4) is 0 Å². The molecule has 0 saturated heterocycles. The monoisotopic (exact) mass is 597 g/mol. The number of rotatable bonds is 26. The van der Waals surface area contributed by atoms with E-state index in [0.29, 0.717) is 32.5 Å². The highest BCUT2D eigenvalue weighted by Gasteiger charge is 2.36. The van der Waals surface area contributed by atoms with Crippen molar-refractivity contribution in [3.05, 3.63) is 24.3 Å². The zero-order valence-corrected chi connectivity index (χ0v) is 28.4. The van der Waals surface area contributed by atoms with Crippen LogP contribution in [-0.2, 0) is 23.4 Å². The Morgan fingerprint density at radius 1 is 0.683 bits per heavy atom. The van der Waals surface area contributed by atoms with Gasteiger partial charge in [-0.1, -0.05) is 84.1 Å². The standard InChI is InChI=1S/C33H63NO6Si/c1-7-8-9-10-11-12-13-14-15-16-17-18-19-20-21-24-31(35)37-28-23-29-39-32(36)38-27-22-25-34-26-30-40-41(5,6)33(2,3)4/h11-12,14-15,34H,7-10,13,16-30H2,1-6H3/b12-11-,15-14-. The Labute approximate surface area is 253 Å². The van der Waals surface area contributed by atoms with E-state index < -0.39 is 14.5 Å². The molecule has 0 bridgehead atoms. The van der Waals surface area contributed by atoms with Crippen molar-refractivity contribution in [2.75, 3.05) is 39.5 Å². The molecule has 0 unspecified atom stereocenters. The summed E-state index contributed by atoms with van der Waals surface area (Å²) in [5.74, 6) is -0.180. The van der Waals surface area contributed by atoms with Gasteiger partial charge in [-0.3, -0.25) is 4.79 Å². The van der Waals surface area contributed by atoms with E-state index >= 15 is 0 Å². The molecular weight excluding hydrogens is 534 g/mol. The molecule has 0 amide bonds. The summed E-state index contributed by atoms with van der Waals surface area (Å²) in [5, 5.41) is 3.52. The van der Waals surface area contributed by atoms with Gasteiger partial charge in [0.1, 0.15) is 0 Å². The Kier molecular flexibility index (Phi) is 25.0. The number of hydrogen-bond acceptors (Lipinski definition) is 7. The quantitative estimate of drug-likeness (QED) is 0.0461. The highest BCUT2D eigenvalue weighted by Crippen LogP contribution is 2.36. The minimum atomic E-state index is -1.70. The minimum Gasteiger partial charge on any atom is -0.466 e. The van der Waals surface area contributed by atoms with Crippen LogP contribution in [0.2, 0.25) is 18.1 Å². The van der Waals surface area contributed by atoms with Gasteiger partial charge in [0.2, 0.25) is 0 Å². The summed E-state index contributed by atoms with van der Waals surface area (Å²) in [6, 6.07) is 0. The molecule has 0 aliphatic carbocycles. The van der Waals surface area contributed by atoms with Crippen LogP contribution in [0.3, 0.4) is 0 Å². The average molecular weight is 598 g/mol. The molecule has 0 aliphatic heterocycles. The van der Waals surface area contributed by atoms with Gasteiger partial charge in [-0.2, -0.15) is 0 Å². The van der Waals surface area contributed by atoms with E-state index in [0.717, 1.165) is 45.2 Å². The predicted octanol–water partition coefficient (Wildman–Crippen LogP) is 8.89. The molecule has 240 valence electrons. The lowest BCUT2D eigenvalue weighted by Gasteiger charge is -2.36. The van der Waals surface area contributed by atoms with Crippen molar-refractivity contribution in [3.63, 3.8) is 0 Å². The van der Waals surface area contributed by atoms with E-state index in [2.05, 4.69) is 70.4 Å². The second-order valence-electron chi connectivity index (χ2n) is 12.2. The summed E-state index contributed by atoms with van der Waals surface area (Å²) in [6.45, 7) is 16.4. The average Bonchev–Trinajstić information content (AvgIpc) is 2.91. The second-order valence-corrected chi connectivity index (χ2v) is 17.0. The summed E-state index contributed by atoms with van der Waals surface area (Å²) in [7, 11) is -1.70. The Balaban J connectivity index is 3.45. The lowest BCUT2D eigenvalue weighted by atomic mass is 10.1. The summed E-state index contributed by atoms with van der Waals surface area (Å²) in [6.07, 6.45) is 22.8. The molecule has 8 heteroatoms. The highest BCUT2D eigenvalue weighted by molar-refractivity contribution is 6.74. The fraction of sp³-hybridized carbons (Fsp3) is 0.818. The van der Waals surface area contributed by atoms with Gasteiger partial charge in [0.25, 0.3) is 0 Å². The van der Waals surface area contributed by atoms with Gasteiger partial charge in [0, 0.05) is 26.0 Å². The topological polar surface area (TPSA) is 83.1 Å². The van der Waals surface area contributed by atoms with E-state index in [9.17, 15) is 9.59 Å². The van der Waals surface area contributed by atoms with Crippen molar-refractivity contribution in [2.24, 2.45) is 0 Å². The van der Waals surface area contributed by atoms with Crippen molar-refractivity contribution in [1.82, 2.24) is 5.32 Å². The van der Waals surface area contributed by atoms with Crippen LogP contribution >= 0.6 is 0 Å². The van der Waals surface area contributed by atoms with Gasteiger partial charge >= 0.3 is 12.1 Å². The van der Waals surface area contributed by atoms with Gasteiger partial charge in [-0.25, -0.2) is 4.79 Å². The van der Waals surface area contributed by atoms with E-state index in [1.165, 1.54) is 38.5 Å². The largest absolute Gasteiger partial charge is 0.508 e. The first-order valence-electron chi connectivity index (χ1n) is 16.2. The van der Waals surface area contributed by atoms with Crippen molar-refractivity contribution >= 4 is 20.4 Å². The first-order valence-corrected chi connectivity index (χ1v) is 19.1. The van der Waals surface area contributed by atoms with Crippen LogP contribution in [0.25, 0.3) is 0 Å². The molecule has 0 spiro atoms. The van der Waals surface area contributed by atoms with E-state index in [1.807, 2.05) is 0 Å². The summed E-state index contributed by atoms with van der Waals surface area (Å²) in [4.78, 5) is 23.5. The predicted molar refractivity (Wildman–Crippen MR) is 173 cm³/mol. The Hall–Kier alpha value is -1.64. The third kappa shape index (κ3) is 25.8. The molecular formula is C33H63NO6Si. The summed E-state index contributed by atoms with van der Waals surface area (Å²) in [5.41, 5.74) is 0. The zero-order chi connectivity index (χ0) is 30.7. The molecule has 7 nitrogen and oxygen atoms in total. The Bertz CT molecular complexity index is 702. The molecule has 0 aliphatic rings. The van der Waals surface area contributed by atoms with E-state index in [4.69, 9.17) is 18.6 Å². The van der Waals surface area contributed by atoms with Crippen LogP contribution in [-0.4, -0.2) is 60.0 Å². The van der Waals surface area contributed by atoms with E-state index in [1.54, 1.807) is 0 Å².